The summed E-state index contributed by atoms with van der Waals surface area (Å²) >= 11 is 0. The fraction of sp³-hybridized carbons (Fsp3) is 0.435. The highest BCUT2D eigenvalue weighted by atomic mass is 127. The van der Waals surface area contributed by atoms with Crippen LogP contribution in [0.15, 0.2) is 47.5 Å². The largest absolute Gasteiger partial charge is 0.502 e. The molecule has 0 radical (unpaired) electrons. The van der Waals surface area contributed by atoms with Crippen molar-refractivity contribution in [2.45, 2.75) is 38.6 Å². The number of halogens is 1. The Bertz CT molecular complexity index is 784. The minimum Gasteiger partial charge on any atom is -0.502 e. The molecule has 0 aliphatic rings. The van der Waals surface area contributed by atoms with Gasteiger partial charge in [0.25, 0.3) is 0 Å². The second-order valence-corrected chi connectivity index (χ2v) is 6.98. The van der Waals surface area contributed by atoms with E-state index in [4.69, 9.17) is 9.47 Å². The quantitative estimate of drug-likeness (QED) is 0.255. The normalized spacial score (nSPS) is 11.4. The van der Waals surface area contributed by atoms with Gasteiger partial charge in [0.1, 0.15) is 0 Å². The van der Waals surface area contributed by atoms with Crippen molar-refractivity contribution in [2.75, 3.05) is 27.8 Å². The van der Waals surface area contributed by atoms with Crippen LogP contribution in [0, 0.1) is 0 Å². The third kappa shape index (κ3) is 6.17. The molecular weight excluding hydrogens is 493 g/mol. The summed E-state index contributed by atoms with van der Waals surface area (Å²) in [6.07, 6.45) is 2.06. The first-order valence-electron chi connectivity index (χ1n) is 9.97. The Balaban J connectivity index is 0.00000450. The Morgan fingerprint density at radius 2 is 1.57 bits per heavy atom. The highest BCUT2D eigenvalue weighted by Gasteiger charge is 2.28. The summed E-state index contributed by atoms with van der Waals surface area (Å²) in [5.41, 5.74) is 2.30. The van der Waals surface area contributed by atoms with E-state index in [1.165, 1.54) is 19.8 Å². The van der Waals surface area contributed by atoms with Crippen molar-refractivity contribution in [2.24, 2.45) is 4.99 Å². The molecule has 0 bridgehead atoms. The first kappa shape index (κ1) is 25.9. The number of hydrogen-bond acceptors (Lipinski definition) is 4. The van der Waals surface area contributed by atoms with E-state index >= 15 is 0 Å². The van der Waals surface area contributed by atoms with Gasteiger partial charge in [0, 0.05) is 25.6 Å². The maximum atomic E-state index is 10.1. The highest BCUT2D eigenvalue weighted by Crippen LogP contribution is 2.37. The van der Waals surface area contributed by atoms with Gasteiger partial charge in [-0.25, -0.2) is 0 Å². The molecule has 30 heavy (non-hydrogen) atoms. The number of phenols is 1. The molecule has 3 N–H and O–H groups in total. The molecular formula is C23H34IN3O3. The second-order valence-electron chi connectivity index (χ2n) is 6.98. The lowest BCUT2D eigenvalue weighted by molar-refractivity contribution is 0.339. The van der Waals surface area contributed by atoms with E-state index in [2.05, 4.69) is 53.7 Å². The minimum atomic E-state index is -0.000191. The Labute approximate surface area is 197 Å². The molecule has 0 fully saturated rings. The average Bonchev–Trinajstić information content (AvgIpc) is 2.78. The van der Waals surface area contributed by atoms with Crippen LogP contribution in [0.1, 0.15) is 37.8 Å². The maximum absolute atomic E-state index is 10.1. The van der Waals surface area contributed by atoms with Crippen LogP contribution in [0.5, 0.6) is 17.2 Å². The molecule has 2 aromatic rings. The Kier molecular flexibility index (Phi) is 10.8. The van der Waals surface area contributed by atoms with Crippen molar-refractivity contribution in [3.8, 4) is 17.2 Å². The van der Waals surface area contributed by atoms with Crippen molar-refractivity contribution < 1.29 is 14.6 Å². The summed E-state index contributed by atoms with van der Waals surface area (Å²) in [6, 6.07) is 14.2. The summed E-state index contributed by atoms with van der Waals surface area (Å²) in [5.74, 6) is 1.48. The molecule has 0 atom stereocenters. The van der Waals surface area contributed by atoms with E-state index in [-0.39, 0.29) is 35.1 Å². The van der Waals surface area contributed by atoms with Gasteiger partial charge in [-0.2, -0.15) is 0 Å². The lowest BCUT2D eigenvalue weighted by Gasteiger charge is -2.33. The molecule has 2 rings (SSSR count). The Hall–Kier alpha value is -2.16. The fourth-order valence-electron chi connectivity index (χ4n) is 3.51. The molecule has 0 saturated heterocycles. The molecule has 6 nitrogen and oxygen atoms in total. The molecule has 0 aliphatic heterocycles. The zero-order valence-electron chi connectivity index (χ0n) is 18.5. The summed E-state index contributed by atoms with van der Waals surface area (Å²) in [4.78, 5) is 4.35. The van der Waals surface area contributed by atoms with Gasteiger partial charge in [-0.05, 0) is 36.1 Å². The molecule has 0 unspecified atom stereocenters. The van der Waals surface area contributed by atoms with E-state index in [9.17, 15) is 5.11 Å². The third-order valence-electron chi connectivity index (χ3n) is 5.56. The highest BCUT2D eigenvalue weighted by molar-refractivity contribution is 14.0. The summed E-state index contributed by atoms with van der Waals surface area (Å²) < 4.78 is 10.5. The van der Waals surface area contributed by atoms with Crippen molar-refractivity contribution in [1.29, 1.82) is 0 Å². The van der Waals surface area contributed by atoms with Gasteiger partial charge < -0.3 is 25.2 Å². The summed E-state index contributed by atoms with van der Waals surface area (Å²) in [7, 11) is 4.80. The predicted molar refractivity (Wildman–Crippen MR) is 134 cm³/mol. The number of methoxy groups -OCH3 is 2. The molecule has 0 amide bonds. The number of nitrogens with zero attached hydrogens (tertiary/aromatic N) is 1. The second kappa shape index (κ2) is 12.5. The van der Waals surface area contributed by atoms with Crippen LogP contribution >= 0.6 is 24.0 Å². The lowest BCUT2D eigenvalue weighted by atomic mass is 9.76. The number of benzene rings is 2. The van der Waals surface area contributed by atoms with E-state index < -0.39 is 0 Å². The number of ether oxygens (including phenoxy) is 2. The molecule has 0 heterocycles. The molecule has 7 heteroatoms. The van der Waals surface area contributed by atoms with Gasteiger partial charge in [-0.1, -0.05) is 44.2 Å². The van der Waals surface area contributed by atoms with Gasteiger partial charge in [0.05, 0.1) is 14.2 Å². The monoisotopic (exact) mass is 527 g/mol. The van der Waals surface area contributed by atoms with E-state index in [1.807, 2.05) is 6.07 Å². The first-order valence-corrected chi connectivity index (χ1v) is 9.97. The van der Waals surface area contributed by atoms with Gasteiger partial charge in [-0.3, -0.25) is 4.99 Å². The SMILES string of the molecule is CCC(CC)(CNC(=NC)NCc1cc(OC)c(O)c(OC)c1)c1ccccc1.I. The zero-order valence-corrected chi connectivity index (χ0v) is 20.8. The van der Waals surface area contributed by atoms with E-state index in [0.29, 0.717) is 18.0 Å². The number of nitrogens with one attached hydrogen (secondary N) is 2. The molecule has 166 valence electrons. The van der Waals surface area contributed by atoms with Crippen LogP contribution in [0.2, 0.25) is 0 Å². The number of aromatic hydroxyl groups is 1. The van der Waals surface area contributed by atoms with Crippen molar-refractivity contribution in [3.05, 3.63) is 53.6 Å². The number of rotatable bonds is 9. The summed E-state index contributed by atoms with van der Waals surface area (Å²) in [6.45, 7) is 5.75. The number of hydrogen-bond donors (Lipinski definition) is 3. The maximum Gasteiger partial charge on any atom is 0.200 e. The van der Waals surface area contributed by atoms with Crippen LogP contribution in [-0.4, -0.2) is 38.9 Å². The molecule has 0 aliphatic carbocycles. The Morgan fingerprint density at radius 1 is 1.00 bits per heavy atom. The summed E-state index contributed by atoms with van der Waals surface area (Å²) in [5, 5.41) is 16.9. The first-order chi connectivity index (χ1) is 14.0. The van der Waals surface area contributed by atoms with Crippen LogP contribution in [0.4, 0.5) is 0 Å². The van der Waals surface area contributed by atoms with Crippen molar-refractivity contribution >= 4 is 29.9 Å². The van der Waals surface area contributed by atoms with Crippen molar-refractivity contribution in [1.82, 2.24) is 10.6 Å². The predicted octanol–water partition coefficient (Wildman–Crippen LogP) is 4.45. The van der Waals surface area contributed by atoms with E-state index in [1.54, 1.807) is 19.2 Å². The minimum absolute atomic E-state index is 0. The van der Waals surface area contributed by atoms with Crippen LogP contribution in [-0.2, 0) is 12.0 Å². The van der Waals surface area contributed by atoms with Gasteiger partial charge >= 0.3 is 0 Å². The standard InChI is InChI=1S/C23H33N3O3.HI/c1-6-23(7-2,18-11-9-8-10-12-18)16-26-22(24-3)25-15-17-13-19(28-4)21(27)20(14-17)29-5;/h8-14,27H,6-7,15-16H2,1-5H3,(H2,24,25,26);1H. The lowest BCUT2D eigenvalue weighted by Crippen LogP contribution is -2.45. The molecule has 2 aromatic carbocycles. The van der Waals surface area contributed by atoms with Gasteiger partial charge in [-0.15, -0.1) is 24.0 Å². The van der Waals surface area contributed by atoms with Gasteiger partial charge in [0.15, 0.2) is 17.5 Å². The number of phenolic OH excluding ortho intramolecular Hbond substituents is 1. The molecule has 0 spiro atoms. The van der Waals surface area contributed by atoms with E-state index in [0.717, 1.165) is 30.9 Å². The van der Waals surface area contributed by atoms with Crippen LogP contribution in [0.25, 0.3) is 0 Å². The number of guanidine groups is 1. The van der Waals surface area contributed by atoms with Crippen molar-refractivity contribution in [3.63, 3.8) is 0 Å². The zero-order chi connectivity index (χ0) is 21.3. The number of aliphatic imine (C=N–C) groups is 1. The molecule has 0 aromatic heterocycles. The smallest absolute Gasteiger partial charge is 0.200 e. The van der Waals surface area contributed by atoms with Gasteiger partial charge in [0.2, 0.25) is 5.75 Å². The third-order valence-corrected chi connectivity index (χ3v) is 5.56. The topological polar surface area (TPSA) is 75.1 Å². The van der Waals surface area contributed by atoms with Crippen LogP contribution in [0.3, 0.4) is 0 Å². The average molecular weight is 527 g/mol. The molecule has 0 saturated carbocycles. The fourth-order valence-corrected chi connectivity index (χ4v) is 3.51. The van der Waals surface area contributed by atoms with Crippen LogP contribution < -0.4 is 20.1 Å². The Morgan fingerprint density at radius 3 is 2.03 bits per heavy atom.